The smallest absolute Gasteiger partial charge is 0.410 e. The van der Waals surface area contributed by atoms with Crippen LogP contribution in [-0.2, 0) is 4.74 Å². The van der Waals surface area contributed by atoms with Crippen molar-refractivity contribution in [1.29, 1.82) is 0 Å². The summed E-state index contributed by atoms with van der Waals surface area (Å²) >= 11 is 0. The van der Waals surface area contributed by atoms with Gasteiger partial charge in [0.15, 0.2) is 0 Å². The molecule has 4 nitrogen and oxygen atoms in total. The Morgan fingerprint density at radius 3 is 2.73 bits per heavy atom. The lowest BCUT2D eigenvalue weighted by Crippen LogP contribution is -2.61. The van der Waals surface area contributed by atoms with Crippen LogP contribution in [0.5, 0.6) is 0 Å². The summed E-state index contributed by atoms with van der Waals surface area (Å²) in [4.78, 5) is 13.2. The fourth-order valence-electron chi connectivity index (χ4n) is 2.39. The Bertz CT molecular complexity index is 251. The van der Waals surface area contributed by atoms with Crippen molar-refractivity contribution in [3.05, 3.63) is 12.7 Å². The molecule has 2 saturated heterocycles. The minimum Gasteiger partial charge on any atom is -0.445 e. The molecule has 2 fully saturated rings. The Labute approximate surface area is 90.3 Å². The summed E-state index contributed by atoms with van der Waals surface area (Å²) in [5.74, 6) is 0. The van der Waals surface area contributed by atoms with E-state index in [2.05, 4.69) is 11.9 Å². The second-order valence-corrected chi connectivity index (χ2v) is 4.47. The number of rotatable bonds is 2. The molecule has 2 heterocycles. The first-order chi connectivity index (χ1) is 7.26. The molecule has 2 aliphatic heterocycles. The van der Waals surface area contributed by atoms with Gasteiger partial charge in [-0.2, -0.15) is 0 Å². The minimum atomic E-state index is -0.195. The maximum absolute atomic E-state index is 11.5. The summed E-state index contributed by atoms with van der Waals surface area (Å²) in [7, 11) is 0. The van der Waals surface area contributed by atoms with Gasteiger partial charge in [0, 0.05) is 18.5 Å². The number of amides is 1. The zero-order valence-corrected chi connectivity index (χ0v) is 9.00. The number of ether oxygens (including phenoxy) is 1. The number of hydrogen-bond donors (Lipinski definition) is 1. The molecule has 2 aliphatic rings. The lowest BCUT2D eigenvalue weighted by molar-refractivity contribution is -0.0188. The third-order valence-electron chi connectivity index (χ3n) is 3.30. The predicted molar refractivity (Wildman–Crippen MR) is 57.7 cm³/mol. The molecule has 1 N–H and O–H groups in total. The van der Waals surface area contributed by atoms with Gasteiger partial charge in [-0.05, 0) is 25.9 Å². The van der Waals surface area contributed by atoms with Crippen LogP contribution in [0, 0.1) is 5.41 Å². The van der Waals surface area contributed by atoms with Gasteiger partial charge in [-0.3, -0.25) is 0 Å². The van der Waals surface area contributed by atoms with E-state index in [0.29, 0.717) is 12.0 Å². The Balaban J connectivity index is 1.76. The summed E-state index contributed by atoms with van der Waals surface area (Å²) in [6.45, 7) is 7.71. The van der Waals surface area contributed by atoms with Crippen molar-refractivity contribution >= 4 is 6.09 Å². The van der Waals surface area contributed by atoms with E-state index in [1.807, 2.05) is 0 Å². The van der Waals surface area contributed by atoms with Crippen molar-refractivity contribution in [2.45, 2.75) is 12.8 Å². The average Bonchev–Trinajstić information content (AvgIpc) is 2.23. The molecule has 0 aromatic rings. The lowest BCUT2D eigenvalue weighted by atomic mass is 9.73. The lowest BCUT2D eigenvalue weighted by Gasteiger charge is -2.51. The van der Waals surface area contributed by atoms with Crippen molar-refractivity contribution in [3.63, 3.8) is 0 Å². The Morgan fingerprint density at radius 2 is 2.13 bits per heavy atom. The molecule has 84 valence electrons. The van der Waals surface area contributed by atoms with Gasteiger partial charge in [0.05, 0.1) is 0 Å². The molecule has 0 radical (unpaired) electrons. The first-order valence-electron chi connectivity index (χ1n) is 5.49. The molecule has 0 aromatic heterocycles. The maximum Gasteiger partial charge on any atom is 0.410 e. The highest BCUT2D eigenvalue weighted by Crippen LogP contribution is 2.38. The van der Waals surface area contributed by atoms with Crippen LogP contribution in [0.2, 0.25) is 0 Å². The van der Waals surface area contributed by atoms with Gasteiger partial charge < -0.3 is 15.0 Å². The van der Waals surface area contributed by atoms with Crippen LogP contribution in [-0.4, -0.2) is 43.8 Å². The number of likely N-dealkylation sites (tertiary alicyclic amines) is 1. The summed E-state index contributed by atoms with van der Waals surface area (Å²) in [6.07, 6.45) is 3.76. The number of carbonyl (C=O) groups is 1. The van der Waals surface area contributed by atoms with Crippen molar-refractivity contribution in [2.24, 2.45) is 5.41 Å². The molecule has 0 aliphatic carbocycles. The molecule has 15 heavy (non-hydrogen) atoms. The third-order valence-corrected chi connectivity index (χ3v) is 3.30. The molecule has 0 bridgehead atoms. The summed E-state index contributed by atoms with van der Waals surface area (Å²) in [5.41, 5.74) is 0.387. The van der Waals surface area contributed by atoms with E-state index in [0.717, 1.165) is 26.2 Å². The number of piperidine rings is 1. The van der Waals surface area contributed by atoms with Gasteiger partial charge in [-0.25, -0.2) is 4.79 Å². The molecule has 0 unspecified atom stereocenters. The van der Waals surface area contributed by atoms with E-state index in [1.54, 1.807) is 11.0 Å². The average molecular weight is 210 g/mol. The fourth-order valence-corrected chi connectivity index (χ4v) is 2.39. The Kier molecular flexibility index (Phi) is 2.95. The van der Waals surface area contributed by atoms with Gasteiger partial charge in [0.2, 0.25) is 0 Å². The molecule has 0 aromatic carbocycles. The molecule has 0 saturated carbocycles. The van der Waals surface area contributed by atoms with Crippen LogP contribution >= 0.6 is 0 Å². The number of nitrogens with zero attached hydrogens (tertiary/aromatic N) is 1. The van der Waals surface area contributed by atoms with Crippen LogP contribution in [0.4, 0.5) is 4.79 Å². The van der Waals surface area contributed by atoms with Crippen molar-refractivity contribution < 1.29 is 9.53 Å². The van der Waals surface area contributed by atoms with Gasteiger partial charge in [0.25, 0.3) is 0 Å². The zero-order valence-electron chi connectivity index (χ0n) is 9.00. The van der Waals surface area contributed by atoms with E-state index >= 15 is 0 Å². The molecule has 4 heteroatoms. The second-order valence-electron chi connectivity index (χ2n) is 4.47. The topological polar surface area (TPSA) is 41.6 Å². The van der Waals surface area contributed by atoms with Gasteiger partial charge in [0.1, 0.15) is 6.61 Å². The SMILES string of the molecule is C=CCOC(=O)N1CC2(CCNCC2)C1. The van der Waals surface area contributed by atoms with E-state index in [1.165, 1.54) is 12.8 Å². The maximum atomic E-state index is 11.5. The largest absolute Gasteiger partial charge is 0.445 e. The summed E-state index contributed by atoms with van der Waals surface area (Å²) < 4.78 is 4.98. The zero-order chi connectivity index (χ0) is 10.7. The quantitative estimate of drug-likeness (QED) is 0.691. The Hall–Kier alpha value is -1.03. The van der Waals surface area contributed by atoms with Crippen molar-refractivity contribution in [2.75, 3.05) is 32.8 Å². The highest BCUT2D eigenvalue weighted by atomic mass is 16.6. The minimum absolute atomic E-state index is 0.195. The van der Waals surface area contributed by atoms with Crippen LogP contribution in [0.15, 0.2) is 12.7 Å². The number of hydrogen-bond acceptors (Lipinski definition) is 3. The molecular formula is C11H18N2O2. The summed E-state index contributed by atoms with van der Waals surface area (Å²) in [6, 6.07) is 0. The Morgan fingerprint density at radius 1 is 1.47 bits per heavy atom. The van der Waals surface area contributed by atoms with Crippen molar-refractivity contribution in [1.82, 2.24) is 10.2 Å². The molecule has 1 amide bonds. The summed E-state index contributed by atoms with van der Waals surface area (Å²) in [5, 5.41) is 3.34. The predicted octanol–water partition coefficient (Wildman–Crippen LogP) is 0.994. The van der Waals surface area contributed by atoms with E-state index in [4.69, 9.17) is 4.74 Å². The van der Waals surface area contributed by atoms with Crippen LogP contribution < -0.4 is 5.32 Å². The first-order valence-corrected chi connectivity index (χ1v) is 5.49. The molecule has 1 spiro atoms. The number of carbonyl (C=O) groups excluding carboxylic acids is 1. The van der Waals surface area contributed by atoms with Gasteiger partial charge >= 0.3 is 6.09 Å². The fraction of sp³-hybridized carbons (Fsp3) is 0.727. The normalized spacial score (nSPS) is 23.3. The number of nitrogens with one attached hydrogen (secondary N) is 1. The second kappa shape index (κ2) is 4.23. The third kappa shape index (κ3) is 2.15. The first kappa shape index (κ1) is 10.5. The van der Waals surface area contributed by atoms with E-state index < -0.39 is 0 Å². The van der Waals surface area contributed by atoms with Crippen molar-refractivity contribution in [3.8, 4) is 0 Å². The molecular weight excluding hydrogens is 192 g/mol. The van der Waals surface area contributed by atoms with Gasteiger partial charge in [-0.15, -0.1) is 0 Å². The molecule has 0 atom stereocenters. The monoisotopic (exact) mass is 210 g/mol. The standard InChI is InChI=1S/C11H18N2O2/c1-2-7-15-10(14)13-8-11(9-13)3-5-12-6-4-11/h2,12H,1,3-9H2. The van der Waals surface area contributed by atoms with E-state index in [-0.39, 0.29) is 6.09 Å². The van der Waals surface area contributed by atoms with Gasteiger partial charge in [-0.1, -0.05) is 12.7 Å². The highest BCUT2D eigenvalue weighted by Gasteiger charge is 2.45. The van der Waals surface area contributed by atoms with E-state index in [9.17, 15) is 4.79 Å². The van der Waals surface area contributed by atoms with Crippen LogP contribution in [0.3, 0.4) is 0 Å². The highest BCUT2D eigenvalue weighted by molar-refractivity contribution is 5.69. The van der Waals surface area contributed by atoms with Crippen LogP contribution in [0.25, 0.3) is 0 Å². The van der Waals surface area contributed by atoms with Crippen LogP contribution in [0.1, 0.15) is 12.8 Å². The molecule has 2 rings (SSSR count).